The van der Waals surface area contributed by atoms with Crippen molar-refractivity contribution in [3.8, 4) is 0 Å². The Kier molecular flexibility index (Phi) is 4.66. The molecule has 0 saturated heterocycles. The van der Waals surface area contributed by atoms with Crippen LogP contribution in [0.25, 0.3) is 10.2 Å². The number of fused-ring (bicyclic) bond motifs is 1. The summed E-state index contributed by atoms with van der Waals surface area (Å²) in [7, 11) is 1.84. The van der Waals surface area contributed by atoms with E-state index < -0.39 is 0 Å². The standard InChI is InChI=1S/C12H18N4S2/c1-4-8(7-17-3)14-10-9-5-6-18-11(9)16-12(13-2)15-10/h5-6,8H,4,7H2,1-3H3,(H2,13,14,15,16). The summed E-state index contributed by atoms with van der Waals surface area (Å²) in [6, 6.07) is 2.52. The fraction of sp³-hybridized carbons (Fsp3) is 0.500. The number of thiophene rings is 1. The number of aromatic nitrogens is 2. The minimum Gasteiger partial charge on any atom is -0.366 e. The highest BCUT2D eigenvalue weighted by Gasteiger charge is 2.12. The lowest BCUT2D eigenvalue weighted by atomic mass is 10.2. The number of anilines is 2. The maximum Gasteiger partial charge on any atom is 0.225 e. The molecule has 2 aromatic heterocycles. The molecule has 98 valence electrons. The van der Waals surface area contributed by atoms with Gasteiger partial charge in [-0.05, 0) is 24.1 Å². The monoisotopic (exact) mass is 282 g/mol. The summed E-state index contributed by atoms with van der Waals surface area (Å²) in [6.07, 6.45) is 3.22. The zero-order valence-electron chi connectivity index (χ0n) is 10.9. The van der Waals surface area contributed by atoms with Crippen LogP contribution in [0.15, 0.2) is 11.4 Å². The van der Waals surface area contributed by atoms with Gasteiger partial charge >= 0.3 is 0 Å². The number of nitrogens with zero attached hydrogens (tertiary/aromatic N) is 2. The molecule has 0 saturated carbocycles. The van der Waals surface area contributed by atoms with Crippen molar-refractivity contribution in [3.05, 3.63) is 11.4 Å². The first-order valence-corrected chi connectivity index (χ1v) is 8.24. The molecule has 0 aliphatic heterocycles. The maximum absolute atomic E-state index is 4.53. The van der Waals surface area contributed by atoms with Gasteiger partial charge < -0.3 is 10.6 Å². The summed E-state index contributed by atoms with van der Waals surface area (Å²) < 4.78 is 0. The summed E-state index contributed by atoms with van der Waals surface area (Å²) in [5, 5.41) is 9.70. The summed E-state index contributed by atoms with van der Waals surface area (Å²) in [5.41, 5.74) is 0. The van der Waals surface area contributed by atoms with Crippen molar-refractivity contribution in [2.75, 3.05) is 29.7 Å². The van der Waals surface area contributed by atoms with Gasteiger partial charge in [-0.1, -0.05) is 6.92 Å². The molecular formula is C12H18N4S2. The largest absolute Gasteiger partial charge is 0.366 e. The third-order valence-electron chi connectivity index (χ3n) is 2.75. The van der Waals surface area contributed by atoms with Crippen molar-refractivity contribution >= 4 is 45.1 Å². The van der Waals surface area contributed by atoms with E-state index in [1.807, 2.05) is 18.8 Å². The maximum atomic E-state index is 4.53. The summed E-state index contributed by atoms with van der Waals surface area (Å²) in [6.45, 7) is 2.19. The lowest BCUT2D eigenvalue weighted by molar-refractivity contribution is 0.771. The fourth-order valence-corrected chi connectivity index (χ4v) is 3.22. The Morgan fingerprint density at radius 2 is 2.28 bits per heavy atom. The van der Waals surface area contributed by atoms with Crippen LogP contribution in [0.3, 0.4) is 0 Å². The van der Waals surface area contributed by atoms with E-state index in [9.17, 15) is 0 Å². The summed E-state index contributed by atoms with van der Waals surface area (Å²) in [4.78, 5) is 9.99. The van der Waals surface area contributed by atoms with Crippen LogP contribution in [0.4, 0.5) is 11.8 Å². The molecule has 0 aliphatic rings. The van der Waals surface area contributed by atoms with Crippen molar-refractivity contribution < 1.29 is 0 Å². The average molecular weight is 282 g/mol. The number of hydrogen-bond donors (Lipinski definition) is 2. The lowest BCUT2D eigenvalue weighted by Crippen LogP contribution is -2.22. The zero-order valence-corrected chi connectivity index (χ0v) is 12.5. The lowest BCUT2D eigenvalue weighted by Gasteiger charge is -2.17. The molecule has 0 amide bonds. The predicted octanol–water partition coefficient (Wildman–Crippen LogP) is 3.29. The highest BCUT2D eigenvalue weighted by atomic mass is 32.2. The third kappa shape index (κ3) is 2.87. The Morgan fingerprint density at radius 1 is 1.44 bits per heavy atom. The van der Waals surface area contributed by atoms with Gasteiger partial charge in [0.05, 0.1) is 5.39 Å². The Balaban J connectivity index is 2.32. The van der Waals surface area contributed by atoms with Crippen LogP contribution in [0.2, 0.25) is 0 Å². The van der Waals surface area contributed by atoms with Crippen molar-refractivity contribution in [1.29, 1.82) is 0 Å². The van der Waals surface area contributed by atoms with E-state index in [1.165, 1.54) is 0 Å². The molecule has 2 heterocycles. The quantitative estimate of drug-likeness (QED) is 0.851. The van der Waals surface area contributed by atoms with Gasteiger partial charge in [0.25, 0.3) is 0 Å². The molecule has 1 unspecified atom stereocenters. The highest BCUT2D eigenvalue weighted by Crippen LogP contribution is 2.27. The first kappa shape index (κ1) is 13.4. The normalized spacial score (nSPS) is 12.6. The molecule has 0 aromatic carbocycles. The molecule has 0 radical (unpaired) electrons. The molecule has 0 spiro atoms. The number of hydrogen-bond acceptors (Lipinski definition) is 6. The molecule has 0 aliphatic carbocycles. The number of nitrogens with one attached hydrogen (secondary N) is 2. The van der Waals surface area contributed by atoms with Crippen molar-refractivity contribution in [3.63, 3.8) is 0 Å². The second-order valence-corrected chi connectivity index (χ2v) is 5.80. The molecule has 1 atom stereocenters. The smallest absolute Gasteiger partial charge is 0.225 e. The van der Waals surface area contributed by atoms with E-state index in [2.05, 4.69) is 45.2 Å². The molecule has 2 aromatic rings. The second-order valence-electron chi connectivity index (χ2n) is 3.99. The summed E-state index contributed by atoms with van der Waals surface area (Å²) >= 11 is 3.49. The molecule has 18 heavy (non-hydrogen) atoms. The van der Waals surface area contributed by atoms with E-state index in [4.69, 9.17) is 0 Å². The van der Waals surface area contributed by atoms with Crippen LogP contribution in [0.1, 0.15) is 13.3 Å². The number of thioether (sulfide) groups is 1. The number of rotatable bonds is 6. The summed E-state index contributed by atoms with van der Waals surface area (Å²) in [5.74, 6) is 2.69. The van der Waals surface area contributed by atoms with E-state index in [0.29, 0.717) is 12.0 Å². The van der Waals surface area contributed by atoms with Crippen molar-refractivity contribution in [2.45, 2.75) is 19.4 Å². The molecule has 2 N–H and O–H groups in total. The van der Waals surface area contributed by atoms with Gasteiger partial charge in [0.2, 0.25) is 5.95 Å². The van der Waals surface area contributed by atoms with E-state index in [1.54, 1.807) is 11.3 Å². The van der Waals surface area contributed by atoms with Crippen LogP contribution < -0.4 is 10.6 Å². The van der Waals surface area contributed by atoms with Gasteiger partial charge in [0.15, 0.2) is 0 Å². The van der Waals surface area contributed by atoms with E-state index in [0.717, 1.165) is 28.2 Å². The molecule has 0 fully saturated rings. The average Bonchev–Trinajstić information content (AvgIpc) is 2.86. The van der Waals surface area contributed by atoms with Crippen LogP contribution in [-0.2, 0) is 0 Å². The topological polar surface area (TPSA) is 49.8 Å². The van der Waals surface area contributed by atoms with Gasteiger partial charge in [0.1, 0.15) is 10.6 Å². The van der Waals surface area contributed by atoms with Crippen molar-refractivity contribution in [1.82, 2.24) is 9.97 Å². The minimum absolute atomic E-state index is 0.447. The Hall–Kier alpha value is -1.01. The second kappa shape index (κ2) is 6.24. The minimum atomic E-state index is 0.447. The molecule has 2 rings (SSSR count). The van der Waals surface area contributed by atoms with Gasteiger partial charge in [-0.25, -0.2) is 4.98 Å². The highest BCUT2D eigenvalue weighted by molar-refractivity contribution is 7.98. The molecule has 6 heteroatoms. The fourth-order valence-electron chi connectivity index (χ4n) is 1.73. The molecule has 4 nitrogen and oxygen atoms in total. The van der Waals surface area contributed by atoms with Crippen molar-refractivity contribution in [2.24, 2.45) is 0 Å². The first-order chi connectivity index (χ1) is 8.78. The Morgan fingerprint density at radius 3 is 2.94 bits per heavy atom. The van der Waals surface area contributed by atoms with Gasteiger partial charge in [-0.15, -0.1) is 11.3 Å². The van der Waals surface area contributed by atoms with Crippen LogP contribution in [0.5, 0.6) is 0 Å². The van der Waals surface area contributed by atoms with Gasteiger partial charge in [0, 0.05) is 18.8 Å². The SMILES string of the molecule is CCC(CSC)Nc1nc(NC)nc2sccc12. The zero-order chi connectivity index (χ0) is 13.0. The van der Waals surface area contributed by atoms with Gasteiger partial charge in [-0.2, -0.15) is 16.7 Å². The third-order valence-corrected chi connectivity index (χ3v) is 4.29. The Bertz CT molecular complexity index is 512. The van der Waals surface area contributed by atoms with E-state index >= 15 is 0 Å². The molecular weight excluding hydrogens is 264 g/mol. The predicted molar refractivity (Wildman–Crippen MR) is 83.0 cm³/mol. The van der Waals surface area contributed by atoms with Crippen LogP contribution >= 0.6 is 23.1 Å². The first-order valence-electron chi connectivity index (χ1n) is 5.97. The van der Waals surface area contributed by atoms with Gasteiger partial charge in [-0.3, -0.25) is 0 Å². The van der Waals surface area contributed by atoms with E-state index in [-0.39, 0.29) is 0 Å². The molecule has 0 bridgehead atoms. The van der Waals surface area contributed by atoms with Crippen LogP contribution in [-0.4, -0.2) is 35.1 Å². The van der Waals surface area contributed by atoms with Crippen LogP contribution in [0, 0.1) is 0 Å². The Labute approximate surface area is 116 Å².